The lowest BCUT2D eigenvalue weighted by Crippen LogP contribution is -2.32. The molecule has 0 unspecified atom stereocenters. The van der Waals surface area contributed by atoms with Crippen molar-refractivity contribution in [3.05, 3.63) is 84.1 Å². The summed E-state index contributed by atoms with van der Waals surface area (Å²) in [7, 11) is 0. The number of carbonyl (C=O) groups excluding carboxylic acids is 1. The van der Waals surface area contributed by atoms with Crippen molar-refractivity contribution in [1.82, 2.24) is 15.2 Å². The molecule has 1 fully saturated rings. The first kappa shape index (κ1) is 19.1. The largest absolute Gasteiger partial charge is 0.467 e. The number of benzene rings is 1. The van der Waals surface area contributed by atoms with Gasteiger partial charge in [-0.05, 0) is 55.5 Å². The van der Waals surface area contributed by atoms with E-state index in [0.717, 1.165) is 22.7 Å². The highest BCUT2D eigenvalue weighted by Crippen LogP contribution is 2.38. The number of anilines is 1. The number of pyridine rings is 1. The first-order valence-electron chi connectivity index (χ1n) is 9.50. The third-order valence-corrected chi connectivity index (χ3v) is 5.30. The summed E-state index contributed by atoms with van der Waals surface area (Å²) in [5.41, 5.74) is 2.82. The second-order valence-electron chi connectivity index (χ2n) is 7.00. The molecule has 6 nitrogen and oxygen atoms in total. The van der Waals surface area contributed by atoms with Gasteiger partial charge in [-0.2, -0.15) is 0 Å². The van der Waals surface area contributed by atoms with Crippen LogP contribution < -0.4 is 10.6 Å². The van der Waals surface area contributed by atoms with Crippen molar-refractivity contribution in [3.8, 4) is 0 Å². The van der Waals surface area contributed by atoms with E-state index in [0.29, 0.717) is 18.1 Å². The maximum Gasteiger partial charge on any atom is 0.226 e. The molecule has 3 heterocycles. The molecule has 3 aromatic rings. The topological polar surface area (TPSA) is 70.4 Å². The average molecular weight is 407 g/mol. The van der Waals surface area contributed by atoms with Crippen LogP contribution >= 0.6 is 12.2 Å². The zero-order chi connectivity index (χ0) is 20.2. The Morgan fingerprint density at radius 2 is 2.03 bits per heavy atom. The quantitative estimate of drug-likeness (QED) is 0.604. The van der Waals surface area contributed by atoms with Crippen molar-refractivity contribution >= 4 is 28.9 Å². The monoisotopic (exact) mass is 406 g/mol. The number of carbonyl (C=O) groups is 1. The fourth-order valence-corrected chi connectivity index (χ4v) is 3.83. The van der Waals surface area contributed by atoms with Crippen LogP contribution in [0.5, 0.6) is 0 Å². The summed E-state index contributed by atoms with van der Waals surface area (Å²) in [6.45, 7) is 2.48. The zero-order valence-corrected chi connectivity index (χ0v) is 16.9. The Balaban J connectivity index is 1.48. The molecule has 1 aliphatic heterocycles. The lowest BCUT2D eigenvalue weighted by Gasteiger charge is -2.25. The molecule has 0 spiro atoms. The van der Waals surface area contributed by atoms with Gasteiger partial charge in [-0.3, -0.25) is 9.78 Å². The molecule has 2 aromatic heterocycles. The Kier molecular flexibility index (Phi) is 5.57. The van der Waals surface area contributed by atoms with Crippen LogP contribution in [-0.4, -0.2) is 27.4 Å². The van der Waals surface area contributed by atoms with Gasteiger partial charge in [0.2, 0.25) is 5.91 Å². The summed E-state index contributed by atoms with van der Waals surface area (Å²) in [5.74, 6) is 0.725. The molecule has 0 aliphatic carbocycles. The van der Waals surface area contributed by atoms with E-state index in [1.807, 2.05) is 66.4 Å². The normalized spacial score (nSPS) is 18.5. The summed E-state index contributed by atoms with van der Waals surface area (Å²) < 4.78 is 5.69. The first-order valence-corrected chi connectivity index (χ1v) is 9.90. The number of aromatic nitrogens is 1. The lowest BCUT2D eigenvalue weighted by atomic mass is 10.0. The van der Waals surface area contributed by atoms with Crippen molar-refractivity contribution in [3.63, 3.8) is 0 Å². The molecular formula is C22H22N4O2S. The van der Waals surface area contributed by atoms with Gasteiger partial charge in [0.25, 0.3) is 0 Å². The van der Waals surface area contributed by atoms with Crippen LogP contribution in [0.25, 0.3) is 0 Å². The van der Waals surface area contributed by atoms with E-state index in [1.165, 1.54) is 0 Å². The Morgan fingerprint density at radius 1 is 1.21 bits per heavy atom. The fourth-order valence-electron chi connectivity index (χ4n) is 3.50. The molecule has 0 saturated carbocycles. The third-order valence-electron chi connectivity index (χ3n) is 4.95. The number of nitrogens with one attached hydrogen (secondary N) is 2. The van der Waals surface area contributed by atoms with E-state index in [1.54, 1.807) is 12.5 Å². The minimum Gasteiger partial charge on any atom is -0.467 e. The fraction of sp³-hybridized carbons (Fsp3) is 0.227. The Bertz CT molecular complexity index is 974. The highest BCUT2D eigenvalue weighted by Gasteiger charge is 2.41. The zero-order valence-electron chi connectivity index (χ0n) is 16.0. The molecule has 0 radical (unpaired) electrons. The Hall–Kier alpha value is -3.19. The van der Waals surface area contributed by atoms with Crippen LogP contribution in [0.4, 0.5) is 5.69 Å². The van der Waals surface area contributed by atoms with Gasteiger partial charge >= 0.3 is 0 Å². The number of hydrogen-bond donors (Lipinski definition) is 2. The summed E-state index contributed by atoms with van der Waals surface area (Å²) >= 11 is 5.58. The maximum atomic E-state index is 12.5. The SMILES string of the molecule is Cc1ccc(NC(=O)CCN2C(=S)N[C@H](c3ccccn3)[C@@H]2c2ccco2)cc1. The molecule has 148 valence electrons. The molecule has 2 atom stereocenters. The second kappa shape index (κ2) is 8.45. The minimum absolute atomic E-state index is 0.0591. The van der Waals surface area contributed by atoms with E-state index in [4.69, 9.17) is 16.6 Å². The molecule has 0 bridgehead atoms. The molecule has 1 aliphatic rings. The van der Waals surface area contributed by atoms with E-state index in [-0.39, 0.29) is 18.0 Å². The predicted octanol–water partition coefficient (Wildman–Crippen LogP) is 3.98. The molecule has 2 N–H and O–H groups in total. The second-order valence-corrected chi connectivity index (χ2v) is 7.39. The van der Waals surface area contributed by atoms with E-state index in [2.05, 4.69) is 15.6 Å². The van der Waals surface area contributed by atoms with Crippen LogP contribution in [0, 0.1) is 6.92 Å². The highest BCUT2D eigenvalue weighted by atomic mass is 32.1. The molecule has 29 heavy (non-hydrogen) atoms. The van der Waals surface area contributed by atoms with Crippen LogP contribution in [0.2, 0.25) is 0 Å². The van der Waals surface area contributed by atoms with Gasteiger partial charge in [0.1, 0.15) is 11.8 Å². The Labute approximate surface area is 174 Å². The summed E-state index contributed by atoms with van der Waals surface area (Å²) in [6, 6.07) is 17.0. The van der Waals surface area contributed by atoms with Crippen molar-refractivity contribution in [2.45, 2.75) is 25.4 Å². The van der Waals surface area contributed by atoms with Gasteiger partial charge in [0.05, 0.1) is 18.0 Å². The average Bonchev–Trinajstić information content (AvgIpc) is 3.36. The standard InChI is InChI=1S/C22H22N4O2S/c1-15-7-9-16(10-8-15)24-19(27)11-13-26-21(18-6-4-14-28-18)20(25-22(26)29)17-5-2-3-12-23-17/h2-10,12,14,20-21H,11,13H2,1H3,(H,24,27)(H,25,29)/t20-,21+/m1/s1. The molecule has 1 aromatic carbocycles. The number of furan rings is 1. The van der Waals surface area contributed by atoms with Crippen molar-refractivity contribution in [2.75, 3.05) is 11.9 Å². The number of thiocarbonyl (C=S) groups is 1. The first-order chi connectivity index (χ1) is 14.1. The molecule has 1 saturated heterocycles. The summed E-state index contributed by atoms with van der Waals surface area (Å²) in [5, 5.41) is 6.86. The van der Waals surface area contributed by atoms with Gasteiger partial charge in [0.15, 0.2) is 5.11 Å². The number of nitrogens with zero attached hydrogens (tertiary/aromatic N) is 2. The minimum atomic E-state index is -0.167. The van der Waals surface area contributed by atoms with E-state index in [9.17, 15) is 4.79 Å². The van der Waals surface area contributed by atoms with Gasteiger partial charge in [-0.15, -0.1) is 0 Å². The molecule has 4 rings (SSSR count). The smallest absolute Gasteiger partial charge is 0.226 e. The van der Waals surface area contributed by atoms with Crippen molar-refractivity contribution < 1.29 is 9.21 Å². The third kappa shape index (κ3) is 4.30. The van der Waals surface area contributed by atoms with Crippen molar-refractivity contribution in [1.29, 1.82) is 0 Å². The van der Waals surface area contributed by atoms with Crippen LogP contribution in [0.3, 0.4) is 0 Å². The van der Waals surface area contributed by atoms with Gasteiger partial charge < -0.3 is 20.0 Å². The summed E-state index contributed by atoms with van der Waals surface area (Å²) in [6.07, 6.45) is 3.72. The number of aryl methyl sites for hydroxylation is 1. The highest BCUT2D eigenvalue weighted by molar-refractivity contribution is 7.80. The maximum absolute atomic E-state index is 12.5. The molecule has 7 heteroatoms. The van der Waals surface area contributed by atoms with Crippen LogP contribution in [0.15, 0.2) is 71.5 Å². The predicted molar refractivity (Wildman–Crippen MR) is 115 cm³/mol. The molecular weight excluding hydrogens is 384 g/mol. The Morgan fingerprint density at radius 3 is 2.72 bits per heavy atom. The lowest BCUT2D eigenvalue weighted by molar-refractivity contribution is -0.116. The molecule has 1 amide bonds. The van der Waals surface area contributed by atoms with Crippen LogP contribution in [-0.2, 0) is 4.79 Å². The van der Waals surface area contributed by atoms with Gasteiger partial charge in [-0.1, -0.05) is 23.8 Å². The number of rotatable bonds is 6. The van der Waals surface area contributed by atoms with Gasteiger partial charge in [0, 0.05) is 24.8 Å². The van der Waals surface area contributed by atoms with E-state index >= 15 is 0 Å². The number of hydrogen-bond acceptors (Lipinski definition) is 4. The summed E-state index contributed by atoms with van der Waals surface area (Å²) in [4.78, 5) is 18.9. The van der Waals surface area contributed by atoms with Gasteiger partial charge in [-0.25, -0.2) is 0 Å². The van der Waals surface area contributed by atoms with E-state index < -0.39 is 0 Å². The van der Waals surface area contributed by atoms with Crippen molar-refractivity contribution in [2.24, 2.45) is 0 Å². The number of amides is 1. The van der Waals surface area contributed by atoms with Crippen LogP contribution in [0.1, 0.15) is 35.5 Å².